The van der Waals surface area contributed by atoms with Gasteiger partial charge in [0.05, 0.1) is 16.1 Å². The summed E-state index contributed by atoms with van der Waals surface area (Å²) in [5.41, 5.74) is 5.97. The van der Waals surface area contributed by atoms with E-state index in [0.29, 0.717) is 0 Å². The van der Waals surface area contributed by atoms with E-state index in [2.05, 4.69) is 45.8 Å². The van der Waals surface area contributed by atoms with Crippen molar-refractivity contribution in [2.45, 2.75) is 56.5 Å². The molecule has 0 aliphatic carbocycles. The lowest BCUT2D eigenvalue weighted by molar-refractivity contribution is 0.236. The van der Waals surface area contributed by atoms with Crippen molar-refractivity contribution < 1.29 is 8.85 Å². The lowest BCUT2D eigenvalue weighted by Crippen LogP contribution is -2.70. The van der Waals surface area contributed by atoms with Crippen LogP contribution in [0.2, 0.25) is 50.1 Å². The zero-order valence-corrected chi connectivity index (χ0v) is 16.8. The van der Waals surface area contributed by atoms with E-state index >= 15 is 0 Å². The maximum atomic E-state index is 5.99. The van der Waals surface area contributed by atoms with Crippen LogP contribution in [-0.4, -0.2) is 45.5 Å². The van der Waals surface area contributed by atoms with Crippen molar-refractivity contribution in [3.05, 3.63) is 0 Å². The minimum absolute atomic E-state index is 0.227. The molecule has 0 atom stereocenters. The van der Waals surface area contributed by atoms with Crippen LogP contribution < -0.4 is 5.73 Å². The lowest BCUT2D eigenvalue weighted by Gasteiger charge is -2.58. The van der Waals surface area contributed by atoms with E-state index in [9.17, 15) is 0 Å². The van der Waals surface area contributed by atoms with Gasteiger partial charge in [-0.15, -0.1) is 0 Å². The minimum atomic E-state index is -2.23. The topological polar surface area (TPSA) is 44.5 Å². The zero-order chi connectivity index (χ0) is 14.8. The van der Waals surface area contributed by atoms with E-state index in [1.807, 2.05) is 14.2 Å². The second-order valence-corrected chi connectivity index (χ2v) is 23.1. The lowest BCUT2D eigenvalue weighted by atomic mass is 10.5. The van der Waals surface area contributed by atoms with E-state index in [1.165, 1.54) is 0 Å². The Morgan fingerprint density at radius 3 is 1.33 bits per heavy atom. The smallest absolute Gasteiger partial charge is 0.335 e. The molecule has 2 N–H and O–H groups in total. The van der Waals surface area contributed by atoms with Crippen LogP contribution in [-0.2, 0) is 8.85 Å². The van der Waals surface area contributed by atoms with Gasteiger partial charge in [0, 0.05) is 18.5 Å². The van der Waals surface area contributed by atoms with Gasteiger partial charge in [0.1, 0.15) is 0 Å². The van der Waals surface area contributed by atoms with Crippen LogP contribution in [0.25, 0.3) is 0 Å². The fourth-order valence-electron chi connectivity index (χ4n) is 4.11. The summed E-state index contributed by atoms with van der Waals surface area (Å²) in [7, 11) is -1.54. The summed E-state index contributed by atoms with van der Waals surface area (Å²) in [5, 5.41) is 0. The fraction of sp³-hybridized carbons (Fsp3) is 1.00. The molecule has 0 amide bonds. The quantitative estimate of drug-likeness (QED) is 0.735. The van der Waals surface area contributed by atoms with Crippen LogP contribution in [0, 0.1) is 0 Å². The van der Waals surface area contributed by atoms with Gasteiger partial charge >= 0.3 is 8.56 Å². The van der Waals surface area contributed by atoms with Crippen LogP contribution in [0.5, 0.6) is 0 Å². The molecule has 0 aliphatic rings. The Morgan fingerprint density at radius 1 is 0.833 bits per heavy atom. The molecule has 0 rings (SSSR count). The van der Waals surface area contributed by atoms with Crippen molar-refractivity contribution in [2.75, 3.05) is 20.8 Å². The Bertz CT molecular complexity index is 253. The van der Waals surface area contributed by atoms with Gasteiger partial charge in [-0.25, -0.2) is 0 Å². The number of rotatable bonds is 7. The predicted molar refractivity (Wildman–Crippen MR) is 88.7 cm³/mol. The minimum Gasteiger partial charge on any atom is -0.398 e. The van der Waals surface area contributed by atoms with Crippen molar-refractivity contribution in [1.29, 1.82) is 0 Å². The molecule has 0 aromatic carbocycles. The van der Waals surface area contributed by atoms with Crippen molar-refractivity contribution in [3.8, 4) is 0 Å². The summed E-state index contributed by atoms with van der Waals surface area (Å²) in [6, 6.07) is 0. The molecule has 0 aliphatic heterocycles. The molecule has 0 bridgehead atoms. The summed E-state index contributed by atoms with van der Waals surface area (Å²) >= 11 is 0. The molecule has 0 radical (unpaired) electrons. The average Bonchev–Trinajstić information content (AvgIpc) is 2.21. The largest absolute Gasteiger partial charge is 0.398 e. The Hall–Kier alpha value is 0.531. The van der Waals surface area contributed by atoms with Crippen LogP contribution in [0.4, 0.5) is 0 Å². The highest BCUT2D eigenvalue weighted by Crippen LogP contribution is 2.56. The maximum Gasteiger partial charge on any atom is 0.335 e. The van der Waals surface area contributed by atoms with Crippen LogP contribution in [0.3, 0.4) is 0 Å². The molecule has 0 heterocycles. The highest BCUT2D eigenvalue weighted by molar-refractivity contribution is 7.12. The summed E-state index contributed by atoms with van der Waals surface area (Å²) in [4.78, 5) is 0. The first kappa shape index (κ1) is 18.5. The second kappa shape index (κ2) is 5.89. The average molecular weight is 308 g/mol. The molecule has 0 spiro atoms. The second-order valence-electron chi connectivity index (χ2n) is 7.30. The normalized spacial score (nSPS) is 15.0. The van der Waals surface area contributed by atoms with Gasteiger partial charge in [0.25, 0.3) is 0 Å². The molecular weight excluding hydrogens is 274 g/mol. The molecular formula is C12H33NO2Si3. The molecule has 0 saturated heterocycles. The molecule has 6 heteroatoms. The van der Waals surface area contributed by atoms with Crippen LogP contribution >= 0.6 is 0 Å². The first-order chi connectivity index (χ1) is 7.93. The monoisotopic (exact) mass is 307 g/mol. The Balaban J connectivity index is 6.11. The highest BCUT2D eigenvalue weighted by atomic mass is 28.5. The van der Waals surface area contributed by atoms with Gasteiger partial charge in [-0.3, -0.25) is 0 Å². The maximum absolute atomic E-state index is 5.99. The molecule has 0 aromatic rings. The molecule has 0 fully saturated rings. The number of hydrogen-bond donors (Lipinski definition) is 1. The van der Waals surface area contributed by atoms with Crippen molar-refractivity contribution >= 4 is 24.7 Å². The third-order valence-electron chi connectivity index (χ3n) is 4.63. The first-order valence-corrected chi connectivity index (χ1v) is 16.1. The van der Waals surface area contributed by atoms with Gasteiger partial charge in [0.15, 0.2) is 0 Å². The van der Waals surface area contributed by atoms with Gasteiger partial charge in [-0.05, 0) is 19.5 Å². The SMILES string of the molecule is CO[Si](C)(OC)C(CCN)([Si](C)(C)C)[Si](C)(C)C. The molecule has 0 aromatic heterocycles. The Kier molecular flexibility index (Phi) is 6.06. The molecule has 0 unspecified atom stereocenters. The fourth-order valence-corrected chi connectivity index (χ4v) is 28.5. The molecule has 110 valence electrons. The summed E-state index contributed by atoms with van der Waals surface area (Å²) in [6.45, 7) is 17.7. The standard InChI is InChI=1S/C12H33NO2Si3/c1-14-18(9,15-2)12(10-11-13,16(3,4)5)17(6,7)8/h10-11,13H2,1-9H3. The van der Waals surface area contributed by atoms with Gasteiger partial charge < -0.3 is 14.6 Å². The predicted octanol–water partition coefficient (Wildman–Crippen LogP) is 3.20. The third-order valence-corrected chi connectivity index (χ3v) is 25.3. The van der Waals surface area contributed by atoms with Gasteiger partial charge in [0.2, 0.25) is 0 Å². The first-order valence-electron chi connectivity index (χ1n) is 6.74. The summed E-state index contributed by atoms with van der Waals surface area (Å²) in [5.74, 6) is 0. The van der Waals surface area contributed by atoms with Crippen molar-refractivity contribution in [2.24, 2.45) is 5.73 Å². The van der Waals surface area contributed by atoms with Crippen LogP contribution in [0.15, 0.2) is 0 Å². The van der Waals surface area contributed by atoms with E-state index in [0.717, 1.165) is 13.0 Å². The van der Waals surface area contributed by atoms with E-state index < -0.39 is 24.7 Å². The van der Waals surface area contributed by atoms with Crippen molar-refractivity contribution in [3.63, 3.8) is 0 Å². The molecule has 3 nitrogen and oxygen atoms in total. The molecule has 18 heavy (non-hydrogen) atoms. The Labute approximate surface area is 117 Å². The summed E-state index contributed by atoms with van der Waals surface area (Å²) < 4.78 is 12.2. The van der Waals surface area contributed by atoms with Gasteiger partial charge in [-0.1, -0.05) is 39.3 Å². The number of nitrogens with two attached hydrogens (primary N) is 1. The highest BCUT2D eigenvalue weighted by Gasteiger charge is 2.65. The zero-order valence-electron chi connectivity index (χ0n) is 13.8. The van der Waals surface area contributed by atoms with Crippen LogP contribution in [0.1, 0.15) is 6.42 Å². The van der Waals surface area contributed by atoms with E-state index in [1.54, 1.807) is 0 Å². The third kappa shape index (κ3) is 2.83. The molecule has 0 saturated carbocycles. The number of hydrogen-bond acceptors (Lipinski definition) is 3. The summed E-state index contributed by atoms with van der Waals surface area (Å²) in [6.07, 6.45) is 1.04. The van der Waals surface area contributed by atoms with E-state index in [-0.39, 0.29) is 4.28 Å². The van der Waals surface area contributed by atoms with E-state index in [4.69, 9.17) is 14.6 Å². The van der Waals surface area contributed by atoms with Crippen molar-refractivity contribution in [1.82, 2.24) is 0 Å². The van der Waals surface area contributed by atoms with Gasteiger partial charge in [-0.2, -0.15) is 0 Å². The Morgan fingerprint density at radius 2 is 1.17 bits per heavy atom.